The first kappa shape index (κ1) is 13.8. The topological polar surface area (TPSA) is 3.24 Å². The molecule has 1 heterocycles. The van der Waals surface area contributed by atoms with Gasteiger partial charge in [0.2, 0.25) is 0 Å². The zero-order chi connectivity index (χ0) is 13.0. The molecule has 1 nitrogen and oxygen atoms in total. The van der Waals surface area contributed by atoms with Crippen molar-refractivity contribution in [2.75, 3.05) is 19.0 Å². The first-order chi connectivity index (χ1) is 8.70. The maximum Gasteiger partial charge on any atom is 0.130 e. The van der Waals surface area contributed by atoms with Crippen molar-refractivity contribution in [2.45, 2.75) is 25.8 Å². The summed E-state index contributed by atoms with van der Waals surface area (Å²) in [5.74, 6) is 0.321. The van der Waals surface area contributed by atoms with Gasteiger partial charge in [-0.3, -0.25) is 4.90 Å². The highest BCUT2D eigenvalue weighted by Crippen LogP contribution is 2.23. The molecule has 0 amide bonds. The lowest BCUT2D eigenvalue weighted by Crippen LogP contribution is -2.35. The van der Waals surface area contributed by atoms with Gasteiger partial charge in [-0.1, -0.05) is 6.07 Å². The van der Waals surface area contributed by atoms with Crippen LogP contribution in [-0.2, 0) is 6.54 Å². The van der Waals surface area contributed by atoms with Gasteiger partial charge in [0.05, 0.1) is 0 Å². The van der Waals surface area contributed by atoms with E-state index >= 15 is 0 Å². The number of halogens is 3. The Hall–Kier alpha value is -0.670. The van der Waals surface area contributed by atoms with E-state index in [-0.39, 0.29) is 5.56 Å². The first-order valence-electron chi connectivity index (χ1n) is 6.42. The van der Waals surface area contributed by atoms with Crippen molar-refractivity contribution in [3.63, 3.8) is 0 Å². The molecule has 1 aromatic rings. The predicted molar refractivity (Wildman–Crippen MR) is 69.7 cm³/mol. The number of benzene rings is 1. The van der Waals surface area contributed by atoms with Crippen LogP contribution < -0.4 is 0 Å². The molecule has 18 heavy (non-hydrogen) atoms. The van der Waals surface area contributed by atoms with Crippen molar-refractivity contribution in [3.8, 4) is 0 Å². The van der Waals surface area contributed by atoms with E-state index in [0.29, 0.717) is 18.3 Å². The molecule has 1 aliphatic heterocycles. The fraction of sp³-hybridized carbons (Fsp3) is 0.571. The zero-order valence-electron chi connectivity index (χ0n) is 10.3. The van der Waals surface area contributed by atoms with E-state index in [9.17, 15) is 8.78 Å². The highest BCUT2D eigenvalue weighted by atomic mass is 35.5. The number of piperidine rings is 1. The Bertz CT molecular complexity index is 375. The van der Waals surface area contributed by atoms with Gasteiger partial charge in [0.25, 0.3) is 0 Å². The van der Waals surface area contributed by atoms with E-state index in [1.54, 1.807) is 0 Å². The normalized spacial score (nSPS) is 21.2. The molecule has 1 aliphatic rings. The molecular formula is C14H18ClF2N. The molecule has 0 radical (unpaired) electrons. The molecule has 1 fully saturated rings. The monoisotopic (exact) mass is 273 g/mol. The molecule has 0 aliphatic carbocycles. The first-order valence-corrected chi connectivity index (χ1v) is 6.95. The third kappa shape index (κ3) is 3.42. The van der Waals surface area contributed by atoms with Crippen molar-refractivity contribution in [1.82, 2.24) is 4.90 Å². The van der Waals surface area contributed by atoms with E-state index in [0.717, 1.165) is 25.9 Å². The minimum absolute atomic E-state index is 0.184. The molecule has 2 rings (SSSR count). The zero-order valence-corrected chi connectivity index (χ0v) is 11.1. The van der Waals surface area contributed by atoms with Crippen LogP contribution in [0.25, 0.3) is 0 Å². The van der Waals surface area contributed by atoms with Crippen LogP contribution in [-0.4, -0.2) is 23.9 Å². The summed E-state index contributed by atoms with van der Waals surface area (Å²) >= 11 is 5.75. The van der Waals surface area contributed by atoms with E-state index in [4.69, 9.17) is 11.6 Å². The molecule has 0 saturated carbocycles. The number of likely N-dealkylation sites (tertiary alicyclic amines) is 1. The van der Waals surface area contributed by atoms with Crippen LogP contribution in [0.3, 0.4) is 0 Å². The average molecular weight is 274 g/mol. The van der Waals surface area contributed by atoms with Gasteiger partial charge in [0, 0.05) is 24.5 Å². The molecule has 4 heteroatoms. The van der Waals surface area contributed by atoms with Gasteiger partial charge in [-0.15, -0.1) is 11.6 Å². The molecule has 100 valence electrons. The maximum atomic E-state index is 13.6. The van der Waals surface area contributed by atoms with Crippen LogP contribution in [0.1, 0.15) is 24.8 Å². The van der Waals surface area contributed by atoms with Crippen molar-refractivity contribution >= 4 is 11.6 Å². The van der Waals surface area contributed by atoms with E-state index in [1.807, 2.05) is 0 Å². The van der Waals surface area contributed by atoms with Crippen molar-refractivity contribution in [2.24, 2.45) is 5.92 Å². The van der Waals surface area contributed by atoms with Gasteiger partial charge in [-0.2, -0.15) is 0 Å². The highest BCUT2D eigenvalue weighted by Gasteiger charge is 2.21. The largest absolute Gasteiger partial charge is 0.299 e. The lowest BCUT2D eigenvalue weighted by Gasteiger charge is -2.32. The van der Waals surface area contributed by atoms with Gasteiger partial charge in [-0.05, 0) is 43.9 Å². The third-order valence-electron chi connectivity index (χ3n) is 3.56. The van der Waals surface area contributed by atoms with Crippen LogP contribution >= 0.6 is 11.6 Å². The van der Waals surface area contributed by atoms with Crippen LogP contribution in [0.15, 0.2) is 18.2 Å². The number of hydrogen-bond donors (Lipinski definition) is 0. The number of nitrogens with zero attached hydrogens (tertiary/aromatic N) is 1. The molecule has 0 bridgehead atoms. The van der Waals surface area contributed by atoms with E-state index in [1.165, 1.54) is 24.6 Å². The summed E-state index contributed by atoms with van der Waals surface area (Å²) in [7, 11) is 0. The van der Waals surface area contributed by atoms with Gasteiger partial charge >= 0.3 is 0 Å². The van der Waals surface area contributed by atoms with Gasteiger partial charge in [0.1, 0.15) is 11.6 Å². The van der Waals surface area contributed by atoms with Crippen molar-refractivity contribution in [1.29, 1.82) is 0 Å². The second kappa shape index (κ2) is 6.48. The number of rotatable bonds is 4. The Kier molecular flexibility index (Phi) is 4.95. The average Bonchev–Trinajstić information content (AvgIpc) is 2.35. The van der Waals surface area contributed by atoms with Crippen LogP contribution in [0.4, 0.5) is 8.78 Å². The lowest BCUT2D eigenvalue weighted by atomic mass is 9.95. The van der Waals surface area contributed by atoms with E-state index in [2.05, 4.69) is 4.90 Å². The van der Waals surface area contributed by atoms with Gasteiger partial charge in [-0.25, -0.2) is 8.78 Å². The summed E-state index contributed by atoms with van der Waals surface area (Å²) in [6.07, 6.45) is 3.23. The smallest absolute Gasteiger partial charge is 0.130 e. The SMILES string of the molecule is Fc1cccc(F)c1CN1CCCC(CCCl)C1. The summed E-state index contributed by atoms with van der Waals surface area (Å²) < 4.78 is 27.1. The molecule has 0 aromatic heterocycles. The Balaban J connectivity index is 2.00. The van der Waals surface area contributed by atoms with Crippen molar-refractivity contribution < 1.29 is 8.78 Å². The quantitative estimate of drug-likeness (QED) is 0.754. The molecule has 1 aromatic carbocycles. The number of hydrogen-bond acceptors (Lipinski definition) is 1. The third-order valence-corrected chi connectivity index (χ3v) is 3.78. The van der Waals surface area contributed by atoms with E-state index < -0.39 is 11.6 Å². The highest BCUT2D eigenvalue weighted by molar-refractivity contribution is 6.17. The van der Waals surface area contributed by atoms with Crippen LogP contribution in [0.2, 0.25) is 0 Å². The Morgan fingerprint density at radius 2 is 2.00 bits per heavy atom. The summed E-state index contributed by atoms with van der Waals surface area (Å²) in [5.41, 5.74) is 0.184. The molecule has 0 spiro atoms. The minimum atomic E-state index is -0.450. The summed E-state index contributed by atoms with van der Waals surface area (Å²) in [6.45, 7) is 2.16. The molecule has 0 N–H and O–H groups in total. The summed E-state index contributed by atoms with van der Waals surface area (Å²) in [4.78, 5) is 2.13. The molecule has 1 unspecified atom stereocenters. The maximum absolute atomic E-state index is 13.6. The lowest BCUT2D eigenvalue weighted by molar-refractivity contribution is 0.161. The fourth-order valence-electron chi connectivity index (χ4n) is 2.59. The second-order valence-corrected chi connectivity index (χ2v) is 5.30. The Labute approximate surface area is 112 Å². The predicted octanol–water partition coefficient (Wildman–Crippen LogP) is 3.81. The van der Waals surface area contributed by atoms with Crippen LogP contribution in [0, 0.1) is 17.6 Å². The summed E-state index contributed by atoms with van der Waals surface area (Å²) in [5, 5.41) is 0. The Morgan fingerprint density at radius 3 is 2.67 bits per heavy atom. The molecule has 1 atom stereocenters. The van der Waals surface area contributed by atoms with Gasteiger partial charge in [0.15, 0.2) is 0 Å². The number of alkyl halides is 1. The second-order valence-electron chi connectivity index (χ2n) is 4.92. The molecule has 1 saturated heterocycles. The molecular weight excluding hydrogens is 256 g/mol. The van der Waals surface area contributed by atoms with Crippen molar-refractivity contribution in [3.05, 3.63) is 35.4 Å². The fourth-order valence-corrected chi connectivity index (χ4v) is 2.90. The standard InChI is InChI=1S/C14H18ClF2N/c15-7-6-11-3-2-8-18(9-11)10-12-13(16)4-1-5-14(12)17/h1,4-5,11H,2-3,6-10H2. The minimum Gasteiger partial charge on any atom is -0.299 e. The van der Waals surface area contributed by atoms with Gasteiger partial charge < -0.3 is 0 Å². The summed E-state index contributed by atoms with van der Waals surface area (Å²) in [6, 6.07) is 4.04. The van der Waals surface area contributed by atoms with Crippen LogP contribution in [0.5, 0.6) is 0 Å². The Morgan fingerprint density at radius 1 is 1.28 bits per heavy atom.